The van der Waals surface area contributed by atoms with E-state index >= 15 is 0 Å². The van der Waals surface area contributed by atoms with E-state index in [1.165, 1.54) is 0 Å². The second-order valence-electron chi connectivity index (χ2n) is 4.95. The van der Waals surface area contributed by atoms with Gasteiger partial charge in [0.05, 0.1) is 0 Å². The zero-order valence-corrected chi connectivity index (χ0v) is 12.3. The number of benzene rings is 1. The smallest absolute Gasteiger partial charge is 0.122 e. The van der Waals surface area contributed by atoms with Gasteiger partial charge in [0.2, 0.25) is 0 Å². The molecule has 3 nitrogen and oxygen atoms in total. The zero-order chi connectivity index (χ0) is 13.7. The van der Waals surface area contributed by atoms with Crippen molar-refractivity contribution in [2.45, 2.75) is 12.8 Å². The summed E-state index contributed by atoms with van der Waals surface area (Å²) in [5.74, 6) is 1.11. The van der Waals surface area contributed by atoms with Crippen molar-refractivity contribution in [1.29, 1.82) is 0 Å². The van der Waals surface area contributed by atoms with Crippen LogP contribution < -0.4 is 4.74 Å². The van der Waals surface area contributed by atoms with Crippen molar-refractivity contribution in [3.8, 4) is 5.75 Å². The highest BCUT2D eigenvalue weighted by Gasteiger charge is 2.18. The molecular formula is C14H19Cl2NO2. The van der Waals surface area contributed by atoms with Crippen LogP contribution in [-0.4, -0.2) is 42.9 Å². The molecule has 1 fully saturated rings. The van der Waals surface area contributed by atoms with Crippen molar-refractivity contribution in [2.75, 3.05) is 32.8 Å². The summed E-state index contributed by atoms with van der Waals surface area (Å²) in [6, 6.07) is 5.22. The molecule has 0 radical (unpaired) electrons. The van der Waals surface area contributed by atoms with E-state index in [9.17, 15) is 5.11 Å². The Bertz CT molecular complexity index is 394. The van der Waals surface area contributed by atoms with E-state index in [0.717, 1.165) is 32.5 Å². The Hall–Kier alpha value is -0.480. The first-order valence-electron chi connectivity index (χ1n) is 6.59. The molecule has 0 aliphatic carbocycles. The van der Waals surface area contributed by atoms with Crippen LogP contribution in [0, 0.1) is 5.92 Å². The van der Waals surface area contributed by atoms with Crippen LogP contribution in [0.1, 0.15) is 12.8 Å². The molecular weight excluding hydrogens is 285 g/mol. The molecule has 1 saturated heterocycles. The molecule has 106 valence electrons. The van der Waals surface area contributed by atoms with Crippen LogP contribution >= 0.6 is 23.2 Å². The Kier molecular flexibility index (Phi) is 5.76. The fourth-order valence-electron chi connectivity index (χ4n) is 2.41. The number of piperidine rings is 1. The molecule has 0 amide bonds. The summed E-state index contributed by atoms with van der Waals surface area (Å²) < 4.78 is 5.67. The highest BCUT2D eigenvalue weighted by atomic mass is 35.5. The van der Waals surface area contributed by atoms with Gasteiger partial charge in [-0.25, -0.2) is 0 Å². The van der Waals surface area contributed by atoms with Crippen LogP contribution in [0.3, 0.4) is 0 Å². The lowest BCUT2D eigenvalue weighted by Crippen LogP contribution is -2.39. The van der Waals surface area contributed by atoms with Gasteiger partial charge in [0.1, 0.15) is 12.4 Å². The van der Waals surface area contributed by atoms with Crippen molar-refractivity contribution in [2.24, 2.45) is 5.92 Å². The number of hydrogen-bond acceptors (Lipinski definition) is 3. The number of halogens is 2. The third kappa shape index (κ3) is 4.84. The van der Waals surface area contributed by atoms with Crippen LogP contribution in [0.5, 0.6) is 5.75 Å². The number of aliphatic hydroxyl groups excluding tert-OH is 1. The molecule has 1 aliphatic heterocycles. The molecule has 1 aromatic carbocycles. The Labute approximate surface area is 124 Å². The van der Waals surface area contributed by atoms with E-state index in [-0.39, 0.29) is 6.61 Å². The SMILES string of the molecule is OCC1CCCN(CCOc2cc(Cl)cc(Cl)c2)C1. The molecule has 1 atom stereocenters. The summed E-state index contributed by atoms with van der Waals surface area (Å²) in [6.07, 6.45) is 2.27. The summed E-state index contributed by atoms with van der Waals surface area (Å²) in [7, 11) is 0. The van der Waals surface area contributed by atoms with Crippen LogP contribution in [-0.2, 0) is 0 Å². The Morgan fingerprint density at radius 2 is 2.00 bits per heavy atom. The molecule has 1 N–H and O–H groups in total. The summed E-state index contributed by atoms with van der Waals surface area (Å²) in [6.45, 7) is 3.78. The predicted octanol–water partition coefficient (Wildman–Crippen LogP) is 3.08. The van der Waals surface area contributed by atoms with Crippen molar-refractivity contribution >= 4 is 23.2 Å². The van der Waals surface area contributed by atoms with Crippen LogP contribution in [0.4, 0.5) is 0 Å². The lowest BCUT2D eigenvalue weighted by Gasteiger charge is -2.31. The molecule has 1 heterocycles. The van der Waals surface area contributed by atoms with Gasteiger partial charge in [-0.15, -0.1) is 0 Å². The number of ether oxygens (including phenoxy) is 1. The van der Waals surface area contributed by atoms with Crippen LogP contribution in [0.2, 0.25) is 10.0 Å². The Balaban J connectivity index is 1.76. The molecule has 1 aromatic rings. The number of nitrogens with zero attached hydrogens (tertiary/aromatic N) is 1. The Morgan fingerprint density at radius 1 is 1.26 bits per heavy atom. The molecule has 1 aliphatic rings. The van der Waals surface area contributed by atoms with Gasteiger partial charge in [-0.05, 0) is 43.5 Å². The lowest BCUT2D eigenvalue weighted by molar-refractivity contribution is 0.107. The molecule has 19 heavy (non-hydrogen) atoms. The molecule has 5 heteroatoms. The van der Waals surface area contributed by atoms with Crippen molar-refractivity contribution in [1.82, 2.24) is 4.90 Å². The van der Waals surface area contributed by atoms with E-state index in [2.05, 4.69) is 4.90 Å². The highest BCUT2D eigenvalue weighted by molar-refractivity contribution is 6.34. The topological polar surface area (TPSA) is 32.7 Å². The summed E-state index contributed by atoms with van der Waals surface area (Å²) in [5.41, 5.74) is 0. The van der Waals surface area contributed by atoms with Crippen molar-refractivity contribution < 1.29 is 9.84 Å². The third-order valence-electron chi connectivity index (χ3n) is 3.37. The monoisotopic (exact) mass is 303 g/mol. The van der Waals surface area contributed by atoms with Gasteiger partial charge in [0.25, 0.3) is 0 Å². The maximum atomic E-state index is 9.19. The highest BCUT2D eigenvalue weighted by Crippen LogP contribution is 2.24. The van der Waals surface area contributed by atoms with Gasteiger partial charge < -0.3 is 9.84 Å². The summed E-state index contributed by atoms with van der Waals surface area (Å²) >= 11 is 11.8. The quantitative estimate of drug-likeness (QED) is 0.907. The Morgan fingerprint density at radius 3 is 2.68 bits per heavy atom. The van der Waals surface area contributed by atoms with E-state index < -0.39 is 0 Å². The van der Waals surface area contributed by atoms with E-state index in [1.54, 1.807) is 18.2 Å². The first-order valence-corrected chi connectivity index (χ1v) is 7.35. The zero-order valence-electron chi connectivity index (χ0n) is 10.8. The third-order valence-corrected chi connectivity index (χ3v) is 3.81. The molecule has 0 bridgehead atoms. The lowest BCUT2D eigenvalue weighted by atomic mass is 9.99. The molecule has 2 rings (SSSR count). The minimum Gasteiger partial charge on any atom is -0.492 e. The molecule has 1 unspecified atom stereocenters. The van der Waals surface area contributed by atoms with Crippen LogP contribution in [0.15, 0.2) is 18.2 Å². The van der Waals surface area contributed by atoms with Gasteiger partial charge >= 0.3 is 0 Å². The van der Waals surface area contributed by atoms with Gasteiger partial charge in [0, 0.05) is 29.7 Å². The van der Waals surface area contributed by atoms with Crippen molar-refractivity contribution in [3.63, 3.8) is 0 Å². The molecule has 0 spiro atoms. The number of aliphatic hydroxyl groups is 1. The van der Waals surface area contributed by atoms with Gasteiger partial charge in [-0.1, -0.05) is 23.2 Å². The molecule has 0 saturated carbocycles. The minimum atomic E-state index is 0.279. The first kappa shape index (κ1) is 14.9. The number of hydrogen-bond donors (Lipinski definition) is 1. The summed E-state index contributed by atoms with van der Waals surface area (Å²) in [4.78, 5) is 2.33. The maximum Gasteiger partial charge on any atom is 0.122 e. The van der Waals surface area contributed by atoms with Crippen molar-refractivity contribution in [3.05, 3.63) is 28.2 Å². The van der Waals surface area contributed by atoms with E-state index in [0.29, 0.717) is 28.3 Å². The minimum absolute atomic E-state index is 0.279. The maximum absolute atomic E-state index is 9.19. The largest absolute Gasteiger partial charge is 0.492 e. The average molecular weight is 304 g/mol. The standard InChI is InChI=1S/C14H19Cl2NO2/c15-12-6-13(16)8-14(7-12)19-5-4-17-3-1-2-11(9-17)10-18/h6-8,11,18H,1-5,9-10H2. The first-order chi connectivity index (χ1) is 9.17. The predicted molar refractivity (Wildman–Crippen MR) is 78.2 cm³/mol. The van der Waals surface area contributed by atoms with Crippen LogP contribution in [0.25, 0.3) is 0 Å². The normalized spacial score (nSPS) is 20.5. The fraction of sp³-hybridized carbons (Fsp3) is 0.571. The molecule has 0 aromatic heterocycles. The fourth-order valence-corrected chi connectivity index (χ4v) is 2.91. The van der Waals surface area contributed by atoms with E-state index in [4.69, 9.17) is 27.9 Å². The number of rotatable bonds is 5. The summed E-state index contributed by atoms with van der Waals surface area (Å²) in [5, 5.41) is 10.4. The second-order valence-corrected chi connectivity index (χ2v) is 5.82. The van der Waals surface area contributed by atoms with Gasteiger partial charge in [0.15, 0.2) is 0 Å². The second kappa shape index (κ2) is 7.34. The number of likely N-dealkylation sites (tertiary alicyclic amines) is 1. The average Bonchev–Trinajstić information content (AvgIpc) is 2.38. The van der Waals surface area contributed by atoms with E-state index in [1.807, 2.05) is 0 Å². The van der Waals surface area contributed by atoms with Gasteiger partial charge in [-0.2, -0.15) is 0 Å². The van der Waals surface area contributed by atoms with Gasteiger partial charge in [-0.3, -0.25) is 4.90 Å².